The summed E-state index contributed by atoms with van der Waals surface area (Å²) in [5, 5.41) is 0. The van der Waals surface area contributed by atoms with Gasteiger partial charge in [0.15, 0.2) is 0 Å². The number of allylic oxidation sites excluding steroid dienone is 1. The number of hydrogen-bond donors (Lipinski definition) is 0. The van der Waals surface area contributed by atoms with E-state index in [-0.39, 0.29) is 0 Å². The van der Waals surface area contributed by atoms with Gasteiger partial charge in [0.2, 0.25) is 0 Å². The minimum atomic E-state index is 0.704. The van der Waals surface area contributed by atoms with Gasteiger partial charge in [0.1, 0.15) is 20.2 Å². The minimum absolute atomic E-state index is 0.704. The van der Waals surface area contributed by atoms with Crippen molar-refractivity contribution in [2.75, 3.05) is 26.6 Å². The first kappa shape index (κ1) is 20.9. The van der Waals surface area contributed by atoms with Crippen molar-refractivity contribution in [3.8, 4) is 5.75 Å². The van der Waals surface area contributed by atoms with Crippen molar-refractivity contribution in [3.05, 3.63) is 102 Å². The SMILES string of the molecule is BCN(C)CCOc1ccc(/C(=C(/CC)c2ccccc2)c2ccccc2)cc1. The second kappa shape index (κ2) is 10.7. The molecule has 0 N–H and O–H groups in total. The van der Waals surface area contributed by atoms with Crippen LogP contribution >= 0.6 is 0 Å². The highest BCUT2D eigenvalue weighted by atomic mass is 16.5. The smallest absolute Gasteiger partial charge is 0.119 e. The lowest BCUT2D eigenvalue weighted by molar-refractivity contribution is 0.255. The van der Waals surface area contributed by atoms with Gasteiger partial charge in [-0.2, -0.15) is 0 Å². The zero-order valence-corrected chi connectivity index (χ0v) is 17.8. The van der Waals surface area contributed by atoms with Crippen LogP contribution in [-0.4, -0.2) is 39.4 Å². The molecule has 0 heterocycles. The molecule has 0 spiro atoms. The van der Waals surface area contributed by atoms with E-state index in [1.54, 1.807) is 0 Å². The van der Waals surface area contributed by atoms with E-state index < -0.39 is 0 Å². The summed E-state index contributed by atoms with van der Waals surface area (Å²) in [6, 6.07) is 29.9. The monoisotopic (exact) mass is 383 g/mol. The number of hydrogen-bond acceptors (Lipinski definition) is 2. The Hall–Kier alpha value is -2.78. The average Bonchev–Trinajstić information content (AvgIpc) is 2.79. The van der Waals surface area contributed by atoms with Gasteiger partial charge in [0, 0.05) is 6.54 Å². The number of nitrogens with zero attached hydrogens (tertiary/aromatic N) is 1. The van der Waals surface area contributed by atoms with Crippen LogP contribution in [0.15, 0.2) is 84.9 Å². The lowest BCUT2D eigenvalue weighted by Crippen LogP contribution is -2.25. The Balaban J connectivity index is 1.94. The van der Waals surface area contributed by atoms with E-state index in [1.165, 1.54) is 27.8 Å². The topological polar surface area (TPSA) is 12.5 Å². The summed E-state index contributed by atoms with van der Waals surface area (Å²) in [5.74, 6) is 0.920. The lowest BCUT2D eigenvalue weighted by atomic mass is 9.88. The Morgan fingerprint density at radius 1 is 0.793 bits per heavy atom. The largest absolute Gasteiger partial charge is 0.492 e. The van der Waals surface area contributed by atoms with E-state index in [0.29, 0.717) is 6.61 Å². The molecule has 148 valence electrons. The van der Waals surface area contributed by atoms with Gasteiger partial charge in [-0.05, 0) is 59.9 Å². The zero-order valence-electron chi connectivity index (χ0n) is 17.8. The molecule has 0 aromatic heterocycles. The number of rotatable bonds is 9. The van der Waals surface area contributed by atoms with Crippen molar-refractivity contribution in [2.45, 2.75) is 13.3 Å². The van der Waals surface area contributed by atoms with Crippen molar-refractivity contribution in [3.63, 3.8) is 0 Å². The molecule has 0 radical (unpaired) electrons. The Morgan fingerprint density at radius 3 is 1.90 bits per heavy atom. The average molecular weight is 383 g/mol. The first-order valence-corrected chi connectivity index (χ1v) is 10.5. The molecule has 2 nitrogen and oxygen atoms in total. The van der Waals surface area contributed by atoms with E-state index in [4.69, 9.17) is 4.74 Å². The summed E-state index contributed by atoms with van der Waals surface area (Å²) in [7, 11) is 4.27. The highest BCUT2D eigenvalue weighted by Crippen LogP contribution is 2.34. The standard InChI is InChI=1S/C26H30BNO/c1-3-25(21-10-6-4-7-11-21)26(22-12-8-5-9-13-22)23-14-16-24(17-15-23)29-19-18-28(2)20-27/h4-17H,3,18-20,27H2,1-2H3/b26-25-. The van der Waals surface area contributed by atoms with Crippen LogP contribution in [0.5, 0.6) is 5.75 Å². The molecule has 0 fully saturated rings. The third-order valence-corrected chi connectivity index (χ3v) is 5.26. The Morgan fingerprint density at radius 2 is 1.34 bits per heavy atom. The Bertz CT molecular complexity index is 904. The lowest BCUT2D eigenvalue weighted by Gasteiger charge is -2.17. The van der Waals surface area contributed by atoms with Crippen LogP contribution in [0.3, 0.4) is 0 Å². The van der Waals surface area contributed by atoms with E-state index in [2.05, 4.69) is 112 Å². The molecule has 0 aliphatic carbocycles. The maximum atomic E-state index is 5.93. The van der Waals surface area contributed by atoms with Crippen molar-refractivity contribution in [1.29, 1.82) is 0 Å². The van der Waals surface area contributed by atoms with Gasteiger partial charge in [-0.1, -0.05) is 79.7 Å². The van der Waals surface area contributed by atoms with Gasteiger partial charge in [-0.25, -0.2) is 0 Å². The number of likely N-dealkylation sites (N-methyl/N-ethyl adjacent to an activating group) is 1. The van der Waals surface area contributed by atoms with Gasteiger partial charge >= 0.3 is 0 Å². The van der Waals surface area contributed by atoms with Gasteiger partial charge in [-0.3, -0.25) is 0 Å². The molecule has 0 amide bonds. The highest BCUT2D eigenvalue weighted by molar-refractivity contribution is 6.08. The van der Waals surface area contributed by atoms with Crippen molar-refractivity contribution in [1.82, 2.24) is 4.90 Å². The predicted octanol–water partition coefficient (Wildman–Crippen LogP) is 4.96. The Labute approximate surface area is 176 Å². The van der Waals surface area contributed by atoms with Crippen LogP contribution in [0.1, 0.15) is 30.0 Å². The molecule has 0 bridgehead atoms. The fourth-order valence-electron chi connectivity index (χ4n) is 3.48. The van der Waals surface area contributed by atoms with Crippen molar-refractivity contribution < 1.29 is 4.74 Å². The first-order valence-electron chi connectivity index (χ1n) is 10.5. The molecule has 3 aromatic carbocycles. The van der Waals surface area contributed by atoms with Crippen LogP contribution < -0.4 is 4.74 Å². The molecule has 3 heteroatoms. The first-order chi connectivity index (χ1) is 14.2. The molecule has 0 unspecified atom stereocenters. The molecule has 3 rings (SSSR count). The minimum Gasteiger partial charge on any atom is -0.492 e. The summed E-state index contributed by atoms with van der Waals surface area (Å²) >= 11 is 0. The fourth-order valence-corrected chi connectivity index (χ4v) is 3.48. The van der Waals surface area contributed by atoms with Gasteiger partial charge in [-0.15, -0.1) is 0 Å². The molecule has 29 heavy (non-hydrogen) atoms. The molecule has 0 saturated heterocycles. The fraction of sp³-hybridized carbons (Fsp3) is 0.231. The quantitative estimate of drug-likeness (QED) is 0.383. The third kappa shape index (κ3) is 5.62. The normalized spacial score (nSPS) is 12.0. The van der Waals surface area contributed by atoms with Gasteiger partial charge in [0.05, 0.1) is 0 Å². The summed E-state index contributed by atoms with van der Waals surface area (Å²) in [6.45, 7) is 3.86. The van der Waals surface area contributed by atoms with E-state index in [9.17, 15) is 0 Å². The van der Waals surface area contributed by atoms with Crippen LogP contribution in [-0.2, 0) is 0 Å². The van der Waals surface area contributed by atoms with Crippen LogP contribution in [0.4, 0.5) is 0 Å². The summed E-state index contributed by atoms with van der Waals surface area (Å²) in [6.07, 6.45) is 2.00. The highest BCUT2D eigenvalue weighted by Gasteiger charge is 2.13. The van der Waals surface area contributed by atoms with Gasteiger partial charge in [0.25, 0.3) is 0 Å². The summed E-state index contributed by atoms with van der Waals surface area (Å²) < 4.78 is 5.93. The molecule has 0 saturated carbocycles. The second-order valence-corrected chi connectivity index (χ2v) is 7.21. The van der Waals surface area contributed by atoms with Crippen LogP contribution in [0.2, 0.25) is 0 Å². The van der Waals surface area contributed by atoms with Crippen molar-refractivity contribution in [2.24, 2.45) is 0 Å². The van der Waals surface area contributed by atoms with E-state index in [0.717, 1.165) is 25.2 Å². The number of benzene rings is 3. The molecule has 0 atom stereocenters. The van der Waals surface area contributed by atoms with Crippen molar-refractivity contribution >= 4 is 19.0 Å². The van der Waals surface area contributed by atoms with E-state index in [1.807, 2.05) is 0 Å². The predicted molar refractivity (Wildman–Crippen MR) is 127 cm³/mol. The summed E-state index contributed by atoms with van der Waals surface area (Å²) in [5.41, 5.74) is 6.38. The maximum absolute atomic E-state index is 5.93. The van der Waals surface area contributed by atoms with Gasteiger partial charge < -0.3 is 9.64 Å². The second-order valence-electron chi connectivity index (χ2n) is 7.21. The molecule has 3 aromatic rings. The molecule has 0 aliphatic heterocycles. The third-order valence-electron chi connectivity index (χ3n) is 5.26. The maximum Gasteiger partial charge on any atom is 0.119 e. The molecular formula is C26H30BNO. The van der Waals surface area contributed by atoms with E-state index >= 15 is 0 Å². The number of ether oxygens (including phenoxy) is 1. The van der Waals surface area contributed by atoms with Crippen LogP contribution in [0, 0.1) is 0 Å². The molecular weight excluding hydrogens is 353 g/mol. The Kier molecular flexibility index (Phi) is 7.72. The summed E-state index contributed by atoms with van der Waals surface area (Å²) in [4.78, 5) is 2.25. The van der Waals surface area contributed by atoms with Crippen LogP contribution in [0.25, 0.3) is 11.1 Å². The molecule has 0 aliphatic rings. The zero-order chi connectivity index (χ0) is 20.5.